The first kappa shape index (κ1) is 18.5. The van der Waals surface area contributed by atoms with E-state index in [1.165, 1.54) is 76.7 Å². The Kier molecular flexibility index (Phi) is 8.13. The first-order valence-corrected chi connectivity index (χ1v) is 9.97. The molecule has 0 aromatic heterocycles. The van der Waals surface area contributed by atoms with Gasteiger partial charge in [-0.25, -0.2) is 0 Å². The van der Waals surface area contributed by atoms with E-state index in [9.17, 15) is 4.39 Å². The predicted molar refractivity (Wildman–Crippen MR) is 94.5 cm³/mol. The molecule has 0 radical (unpaired) electrons. The summed E-state index contributed by atoms with van der Waals surface area (Å²) in [6.45, 7) is 2.34. The summed E-state index contributed by atoms with van der Waals surface area (Å²) in [4.78, 5) is 0. The Morgan fingerprint density at radius 1 is 0.870 bits per heavy atom. The molecule has 0 heterocycles. The van der Waals surface area contributed by atoms with Crippen LogP contribution in [-0.2, 0) is 0 Å². The molecule has 2 aliphatic carbocycles. The Labute approximate surface area is 142 Å². The molecule has 2 rings (SSSR count). The van der Waals surface area contributed by atoms with Crippen LogP contribution in [0.1, 0.15) is 90.4 Å². The zero-order valence-corrected chi connectivity index (χ0v) is 14.9. The van der Waals surface area contributed by atoms with Crippen LogP contribution in [0.15, 0.2) is 11.9 Å². The van der Waals surface area contributed by atoms with Crippen LogP contribution < -0.4 is 0 Å². The van der Waals surface area contributed by atoms with Crippen LogP contribution in [-0.4, -0.2) is 0 Å². The lowest BCUT2D eigenvalue weighted by Crippen LogP contribution is -2.18. The number of halogens is 1. The van der Waals surface area contributed by atoms with Crippen molar-refractivity contribution in [3.8, 4) is 6.07 Å². The van der Waals surface area contributed by atoms with Gasteiger partial charge < -0.3 is 0 Å². The van der Waals surface area contributed by atoms with Crippen LogP contribution in [0.25, 0.3) is 0 Å². The van der Waals surface area contributed by atoms with Crippen LogP contribution in [0.2, 0.25) is 0 Å². The highest BCUT2D eigenvalue weighted by Crippen LogP contribution is 2.38. The molecule has 0 N–H and O–H groups in total. The average Bonchev–Trinajstić information content (AvgIpc) is 2.61. The second-order valence-corrected chi connectivity index (χ2v) is 8.00. The maximum absolute atomic E-state index is 12.8. The van der Waals surface area contributed by atoms with Gasteiger partial charge in [-0.15, -0.1) is 0 Å². The SMILES string of the molecule is CCC1CCC(CCC2CCC(CC/C=C(\F)C#N)CC2)CC1. The summed E-state index contributed by atoms with van der Waals surface area (Å²) in [5.41, 5.74) is 0. The standard InChI is InChI=1S/C21H34FN/c1-2-17-6-8-19(9-7-17)14-15-20-12-10-18(11-13-20)4-3-5-21(22)16-23/h5,17-20H,2-4,6-15H2,1H3/b21-5-. The fraction of sp³-hybridized carbons (Fsp3) is 0.857. The topological polar surface area (TPSA) is 23.8 Å². The smallest absolute Gasteiger partial charge is 0.195 e. The molecule has 0 saturated heterocycles. The Hall–Kier alpha value is -0.840. The summed E-state index contributed by atoms with van der Waals surface area (Å²) in [5, 5.41) is 8.41. The molecule has 2 aliphatic rings. The lowest BCUT2D eigenvalue weighted by molar-refractivity contribution is 0.212. The van der Waals surface area contributed by atoms with Crippen molar-refractivity contribution >= 4 is 0 Å². The van der Waals surface area contributed by atoms with Gasteiger partial charge in [-0.3, -0.25) is 0 Å². The number of hydrogen-bond donors (Lipinski definition) is 0. The highest BCUT2D eigenvalue weighted by molar-refractivity contribution is 5.11. The van der Waals surface area contributed by atoms with Crippen molar-refractivity contribution in [1.29, 1.82) is 5.26 Å². The van der Waals surface area contributed by atoms with Gasteiger partial charge in [0.05, 0.1) is 0 Å². The van der Waals surface area contributed by atoms with Crippen molar-refractivity contribution in [1.82, 2.24) is 0 Å². The van der Waals surface area contributed by atoms with Crippen LogP contribution >= 0.6 is 0 Å². The third-order valence-corrected chi connectivity index (χ3v) is 6.50. The molecule has 0 aromatic rings. The Morgan fingerprint density at radius 3 is 1.74 bits per heavy atom. The molecule has 23 heavy (non-hydrogen) atoms. The second-order valence-electron chi connectivity index (χ2n) is 8.00. The van der Waals surface area contributed by atoms with E-state index in [0.29, 0.717) is 0 Å². The second kappa shape index (κ2) is 10.1. The van der Waals surface area contributed by atoms with Gasteiger partial charge in [-0.2, -0.15) is 9.65 Å². The first-order chi connectivity index (χ1) is 11.2. The zero-order valence-electron chi connectivity index (χ0n) is 14.9. The molecular weight excluding hydrogens is 285 g/mol. The third kappa shape index (κ3) is 6.66. The minimum Gasteiger partial charge on any atom is -0.195 e. The van der Waals surface area contributed by atoms with Crippen molar-refractivity contribution < 1.29 is 4.39 Å². The summed E-state index contributed by atoms with van der Waals surface area (Å²) < 4.78 is 12.8. The fourth-order valence-corrected chi connectivity index (χ4v) is 4.70. The van der Waals surface area contributed by atoms with Gasteiger partial charge in [-0.05, 0) is 42.6 Å². The molecule has 0 spiro atoms. The lowest BCUT2D eigenvalue weighted by atomic mass is 9.74. The molecule has 2 saturated carbocycles. The summed E-state index contributed by atoms with van der Waals surface area (Å²) >= 11 is 0. The monoisotopic (exact) mass is 319 g/mol. The van der Waals surface area contributed by atoms with Crippen molar-refractivity contribution in [3.63, 3.8) is 0 Å². The van der Waals surface area contributed by atoms with Gasteiger partial charge in [0.2, 0.25) is 0 Å². The van der Waals surface area contributed by atoms with Crippen molar-refractivity contribution in [2.45, 2.75) is 90.4 Å². The van der Waals surface area contributed by atoms with E-state index in [0.717, 1.165) is 36.5 Å². The molecular formula is C21H34FN. The number of nitriles is 1. The van der Waals surface area contributed by atoms with Crippen molar-refractivity contribution in [2.24, 2.45) is 23.7 Å². The molecule has 2 heteroatoms. The van der Waals surface area contributed by atoms with E-state index < -0.39 is 5.83 Å². The molecule has 2 fully saturated rings. The van der Waals surface area contributed by atoms with Crippen molar-refractivity contribution in [2.75, 3.05) is 0 Å². The molecule has 0 bridgehead atoms. The summed E-state index contributed by atoms with van der Waals surface area (Å²) in [6, 6.07) is 1.56. The summed E-state index contributed by atoms with van der Waals surface area (Å²) in [7, 11) is 0. The van der Waals surface area contributed by atoms with E-state index in [4.69, 9.17) is 5.26 Å². The molecule has 0 aliphatic heterocycles. The van der Waals surface area contributed by atoms with Crippen molar-refractivity contribution in [3.05, 3.63) is 11.9 Å². The number of rotatable bonds is 7. The van der Waals surface area contributed by atoms with Gasteiger partial charge in [0.1, 0.15) is 6.07 Å². The highest BCUT2D eigenvalue weighted by Gasteiger charge is 2.24. The first-order valence-electron chi connectivity index (χ1n) is 9.97. The number of allylic oxidation sites excluding steroid dienone is 2. The van der Waals surface area contributed by atoms with E-state index in [-0.39, 0.29) is 0 Å². The average molecular weight is 320 g/mol. The quantitative estimate of drug-likeness (QED) is 0.466. The minimum absolute atomic E-state index is 0.614. The van der Waals surface area contributed by atoms with Crippen LogP contribution in [0.4, 0.5) is 4.39 Å². The number of hydrogen-bond acceptors (Lipinski definition) is 1. The predicted octanol–water partition coefficient (Wildman–Crippen LogP) is 6.95. The molecule has 130 valence electrons. The van der Waals surface area contributed by atoms with Gasteiger partial charge in [0, 0.05) is 0 Å². The normalized spacial score (nSPS) is 32.5. The minimum atomic E-state index is -0.614. The van der Waals surface area contributed by atoms with E-state index in [1.54, 1.807) is 6.07 Å². The lowest BCUT2D eigenvalue weighted by Gasteiger charge is -2.31. The van der Waals surface area contributed by atoms with Gasteiger partial charge in [-0.1, -0.05) is 77.6 Å². The van der Waals surface area contributed by atoms with E-state index in [1.807, 2.05) is 0 Å². The van der Waals surface area contributed by atoms with E-state index in [2.05, 4.69) is 6.92 Å². The van der Waals surface area contributed by atoms with Crippen LogP contribution in [0.3, 0.4) is 0 Å². The Bertz CT molecular complexity index is 393. The Morgan fingerprint density at radius 2 is 1.30 bits per heavy atom. The molecule has 0 aromatic carbocycles. The number of nitrogens with zero attached hydrogens (tertiary/aromatic N) is 1. The zero-order chi connectivity index (χ0) is 16.5. The molecule has 0 atom stereocenters. The molecule has 1 nitrogen and oxygen atoms in total. The van der Waals surface area contributed by atoms with E-state index >= 15 is 0 Å². The molecule has 0 unspecified atom stereocenters. The summed E-state index contributed by atoms with van der Waals surface area (Å²) in [6.07, 6.45) is 18.8. The fourth-order valence-electron chi connectivity index (χ4n) is 4.70. The van der Waals surface area contributed by atoms with Gasteiger partial charge >= 0.3 is 0 Å². The highest BCUT2D eigenvalue weighted by atomic mass is 19.1. The van der Waals surface area contributed by atoms with Crippen LogP contribution in [0, 0.1) is 35.0 Å². The maximum Gasteiger partial charge on any atom is 0.196 e. The van der Waals surface area contributed by atoms with Crippen LogP contribution in [0.5, 0.6) is 0 Å². The maximum atomic E-state index is 12.8. The largest absolute Gasteiger partial charge is 0.196 e. The van der Waals surface area contributed by atoms with Gasteiger partial charge in [0.15, 0.2) is 5.83 Å². The summed E-state index contributed by atoms with van der Waals surface area (Å²) in [5.74, 6) is 3.11. The van der Waals surface area contributed by atoms with Gasteiger partial charge in [0.25, 0.3) is 0 Å². The Balaban J connectivity index is 1.56. The molecule has 0 amide bonds. The third-order valence-electron chi connectivity index (χ3n) is 6.50.